The van der Waals surface area contributed by atoms with Crippen molar-refractivity contribution in [1.82, 2.24) is 52.3 Å². The lowest BCUT2D eigenvalue weighted by Gasteiger charge is -2.28. The molecule has 0 aromatic heterocycles. The lowest BCUT2D eigenvalue weighted by atomic mass is 10.0. The van der Waals surface area contributed by atoms with Gasteiger partial charge in [0.2, 0.25) is 0 Å². The van der Waals surface area contributed by atoms with E-state index in [1.807, 2.05) is 23.6 Å². The molecule has 1 unspecified atom stereocenters. The topological polar surface area (TPSA) is 371 Å². The van der Waals surface area contributed by atoms with Gasteiger partial charge in [0.15, 0.2) is 0 Å². The molecule has 1 heterocycles. The second-order valence-corrected chi connectivity index (χ2v) is 19.3. The summed E-state index contributed by atoms with van der Waals surface area (Å²) >= 11 is 0. The minimum absolute atomic E-state index is 0.0380. The first-order chi connectivity index (χ1) is 40.1. The normalized spacial score (nSPS) is 15.1. The first kappa shape index (κ1) is 64.9. The fourth-order valence-electron chi connectivity index (χ4n) is 8.70. The van der Waals surface area contributed by atoms with Gasteiger partial charge in [0.05, 0.1) is 70.7 Å². The third-order valence-corrected chi connectivity index (χ3v) is 13.2. The molecule has 0 fully saturated rings. The number of fused-ring (bicyclic) bond motifs is 4. The first-order valence-electron chi connectivity index (χ1n) is 27.8. The van der Waals surface area contributed by atoms with E-state index in [9.17, 15) is 58.8 Å². The molecule has 446 valence electrons. The summed E-state index contributed by atoms with van der Waals surface area (Å²) in [6.07, 6.45) is 6.01. The summed E-state index contributed by atoms with van der Waals surface area (Å²) in [4.78, 5) is 119. The van der Waals surface area contributed by atoms with Crippen molar-refractivity contribution in [2.45, 2.75) is 52.0 Å². The standard InChI is InChI=1S/C58H77N13O12/c1-3-21-62-51(76)39-12-7-15-42(47(39)72)55(80)66-29-34-70-32-27-60-23-25-64-53(78)41-14-9-17-44(49(41)74)57(82)68-31-36-71(33-28-61-24-26-65-54(79)40-13-8-16-43(48(40)73)56(81)67-30-35-70)37-38(11-5-6-20-59)69-58(83)46-19-10-18-45(50(46)75)52(77)63-22-4-2/h7-10,12-19,23-24,38,72-75H,3-6,11,20-22,25-37,59H2,1-2H3,(H,62,76)(H,63,77)(H,64,78)(H,65,79)(H,66,80)(H,67,81)(H,68,82)(H,69,83). The average Bonchev–Trinajstić information content (AvgIpc) is 3.61. The molecule has 4 aromatic rings. The average molecular weight is 1150 g/mol. The Morgan fingerprint density at radius 2 is 0.928 bits per heavy atom. The van der Waals surface area contributed by atoms with Gasteiger partial charge in [0, 0.05) is 90.5 Å². The maximum Gasteiger partial charge on any atom is 0.255 e. The van der Waals surface area contributed by atoms with E-state index < -0.39 is 76.3 Å². The highest BCUT2D eigenvalue weighted by Crippen LogP contribution is 2.26. The Kier molecular flexibility index (Phi) is 26.9. The van der Waals surface area contributed by atoms with Crippen molar-refractivity contribution in [2.75, 3.05) is 105 Å². The van der Waals surface area contributed by atoms with Crippen LogP contribution in [-0.2, 0) is 0 Å². The lowest BCUT2D eigenvalue weighted by molar-refractivity contribution is 0.0908. The summed E-state index contributed by atoms with van der Waals surface area (Å²) in [7, 11) is 0. The number of benzene rings is 4. The van der Waals surface area contributed by atoms with Gasteiger partial charge in [-0.3, -0.25) is 58.1 Å². The molecule has 1 atom stereocenters. The second kappa shape index (κ2) is 34.4. The molecule has 0 aliphatic carbocycles. The van der Waals surface area contributed by atoms with Crippen LogP contribution in [-0.4, -0.2) is 201 Å². The molecule has 1 aliphatic rings. The van der Waals surface area contributed by atoms with Crippen molar-refractivity contribution in [3.05, 3.63) is 117 Å². The van der Waals surface area contributed by atoms with Crippen LogP contribution in [0.5, 0.6) is 23.0 Å². The molecule has 25 nitrogen and oxygen atoms in total. The third kappa shape index (κ3) is 19.9. The maximum absolute atomic E-state index is 13.8. The van der Waals surface area contributed by atoms with Crippen LogP contribution in [0.4, 0.5) is 0 Å². The SMILES string of the molecule is CCCNC(=O)c1cccc(C(=O)NCCN2CCN=CCNC(=O)c3cccc(c3O)C(=O)NCCN(CC(CCCCN)NC(=O)c3cccc(C(=O)NCCC)c3O)CCN=CCNC(=O)c3cccc(c3O)C(=O)NCC2)c1O. The van der Waals surface area contributed by atoms with Crippen molar-refractivity contribution in [2.24, 2.45) is 15.7 Å². The van der Waals surface area contributed by atoms with Gasteiger partial charge < -0.3 is 68.7 Å². The highest BCUT2D eigenvalue weighted by atomic mass is 16.3. The number of nitrogens with zero attached hydrogens (tertiary/aromatic N) is 4. The number of aromatic hydroxyl groups is 4. The number of nitrogens with two attached hydrogens (primary N) is 1. The van der Waals surface area contributed by atoms with E-state index in [0.717, 1.165) is 0 Å². The van der Waals surface area contributed by atoms with Crippen LogP contribution in [0.15, 0.2) is 82.8 Å². The molecule has 0 saturated heterocycles. The summed E-state index contributed by atoms with van der Waals surface area (Å²) < 4.78 is 0. The van der Waals surface area contributed by atoms with Crippen molar-refractivity contribution < 1.29 is 58.8 Å². The largest absolute Gasteiger partial charge is 0.506 e. The molecule has 1 aliphatic heterocycles. The number of aliphatic imine (C=N–C) groups is 2. The quantitative estimate of drug-likeness (QED) is 0.0629. The zero-order valence-corrected chi connectivity index (χ0v) is 46.9. The van der Waals surface area contributed by atoms with Crippen molar-refractivity contribution in [3.8, 4) is 23.0 Å². The molecular weight excluding hydrogens is 1070 g/mol. The molecule has 25 heteroatoms. The van der Waals surface area contributed by atoms with Gasteiger partial charge in [-0.05, 0) is 80.8 Å². The van der Waals surface area contributed by atoms with Gasteiger partial charge in [0.1, 0.15) is 23.0 Å². The monoisotopic (exact) mass is 1150 g/mol. The van der Waals surface area contributed by atoms with E-state index in [1.54, 1.807) is 0 Å². The van der Waals surface area contributed by atoms with E-state index in [-0.39, 0.29) is 123 Å². The summed E-state index contributed by atoms with van der Waals surface area (Å²) in [6, 6.07) is 16.5. The fraction of sp³-hybridized carbons (Fsp3) is 0.414. The summed E-state index contributed by atoms with van der Waals surface area (Å²) in [6.45, 7) is 6.82. The van der Waals surface area contributed by atoms with Gasteiger partial charge >= 0.3 is 0 Å². The Labute approximate surface area is 482 Å². The van der Waals surface area contributed by atoms with Crippen LogP contribution in [0.3, 0.4) is 0 Å². The number of carbonyl (C=O) groups excluding carboxylic acids is 8. The number of nitrogens with one attached hydrogen (secondary N) is 8. The molecule has 0 saturated carbocycles. The predicted octanol–water partition coefficient (Wildman–Crippen LogP) is 1.52. The highest BCUT2D eigenvalue weighted by molar-refractivity contribution is 6.07. The number of hydrogen-bond donors (Lipinski definition) is 13. The Hall–Kier alpha value is -8.94. The molecule has 5 rings (SSSR count). The maximum atomic E-state index is 13.8. The Morgan fingerprint density at radius 1 is 0.530 bits per heavy atom. The highest BCUT2D eigenvalue weighted by Gasteiger charge is 2.25. The fourth-order valence-corrected chi connectivity index (χ4v) is 8.70. The number of para-hydroxylation sites is 4. The number of phenols is 4. The summed E-state index contributed by atoms with van der Waals surface area (Å²) in [5, 5.41) is 66.2. The van der Waals surface area contributed by atoms with Gasteiger partial charge in [-0.2, -0.15) is 0 Å². The number of unbranched alkanes of at least 4 members (excludes halogenated alkanes) is 1. The van der Waals surface area contributed by atoms with Crippen LogP contribution in [0.25, 0.3) is 0 Å². The zero-order valence-electron chi connectivity index (χ0n) is 46.9. The Morgan fingerprint density at radius 3 is 1.37 bits per heavy atom. The Balaban J connectivity index is 1.32. The van der Waals surface area contributed by atoms with Crippen LogP contribution < -0.4 is 48.3 Å². The molecule has 4 bridgehead atoms. The molecule has 0 radical (unpaired) electrons. The third-order valence-electron chi connectivity index (χ3n) is 13.2. The van der Waals surface area contributed by atoms with Crippen molar-refractivity contribution in [1.29, 1.82) is 0 Å². The van der Waals surface area contributed by atoms with E-state index in [0.29, 0.717) is 58.3 Å². The number of hydrogen-bond acceptors (Lipinski definition) is 17. The predicted molar refractivity (Wildman–Crippen MR) is 313 cm³/mol. The van der Waals surface area contributed by atoms with Crippen molar-refractivity contribution >= 4 is 59.7 Å². The van der Waals surface area contributed by atoms with Gasteiger partial charge in [0.25, 0.3) is 47.3 Å². The number of rotatable bonds is 18. The minimum atomic E-state index is -0.681. The second-order valence-electron chi connectivity index (χ2n) is 19.3. The van der Waals surface area contributed by atoms with E-state index >= 15 is 0 Å². The van der Waals surface area contributed by atoms with Gasteiger partial charge in [-0.15, -0.1) is 0 Å². The smallest absolute Gasteiger partial charge is 0.255 e. The molecular formula is C58H77N13O12. The minimum Gasteiger partial charge on any atom is -0.506 e. The van der Waals surface area contributed by atoms with Crippen LogP contribution in [0.2, 0.25) is 0 Å². The molecule has 14 N–H and O–H groups in total. The van der Waals surface area contributed by atoms with E-state index in [2.05, 4.69) is 52.5 Å². The number of amides is 8. The molecule has 8 amide bonds. The van der Waals surface area contributed by atoms with E-state index in [1.165, 1.54) is 85.2 Å². The van der Waals surface area contributed by atoms with Gasteiger partial charge in [-0.25, -0.2) is 0 Å². The number of phenolic OH excluding ortho intramolecular Hbond substituents is 4. The molecule has 0 spiro atoms. The lowest BCUT2D eigenvalue weighted by Crippen LogP contribution is -2.46. The van der Waals surface area contributed by atoms with Crippen LogP contribution in [0.1, 0.15) is 129 Å². The molecule has 4 aromatic carbocycles. The Bertz CT molecular complexity index is 2950. The van der Waals surface area contributed by atoms with Crippen LogP contribution >= 0.6 is 0 Å². The molecule has 83 heavy (non-hydrogen) atoms. The number of carbonyl (C=O) groups is 8. The summed E-state index contributed by atoms with van der Waals surface area (Å²) in [5.74, 6) is -7.02. The first-order valence-corrected chi connectivity index (χ1v) is 27.8. The van der Waals surface area contributed by atoms with Crippen LogP contribution in [0, 0.1) is 0 Å². The van der Waals surface area contributed by atoms with Gasteiger partial charge in [-0.1, -0.05) is 44.5 Å². The van der Waals surface area contributed by atoms with Crippen molar-refractivity contribution in [3.63, 3.8) is 0 Å². The van der Waals surface area contributed by atoms with E-state index in [4.69, 9.17) is 5.73 Å². The summed E-state index contributed by atoms with van der Waals surface area (Å²) in [5.41, 5.74) is 4.90. The zero-order chi connectivity index (χ0) is 60.1.